The van der Waals surface area contributed by atoms with Crippen LogP contribution in [0.4, 0.5) is 0 Å². The van der Waals surface area contributed by atoms with Crippen LogP contribution in [0.2, 0.25) is 0 Å². The molecule has 0 radical (unpaired) electrons. The van der Waals surface area contributed by atoms with Crippen LogP contribution in [-0.2, 0) is 4.74 Å². The van der Waals surface area contributed by atoms with Gasteiger partial charge in [-0.3, -0.25) is 0 Å². The minimum atomic E-state index is 0.598. The van der Waals surface area contributed by atoms with Crippen molar-refractivity contribution in [1.29, 1.82) is 0 Å². The molecule has 2 heteroatoms. The van der Waals surface area contributed by atoms with Crippen molar-refractivity contribution in [1.82, 2.24) is 5.32 Å². The van der Waals surface area contributed by atoms with Crippen molar-refractivity contribution in [2.24, 2.45) is 0 Å². The van der Waals surface area contributed by atoms with Crippen LogP contribution in [0.15, 0.2) is 0 Å². The first-order chi connectivity index (χ1) is 6.81. The predicted octanol–water partition coefficient (Wildman–Crippen LogP) is 2.97. The van der Waals surface area contributed by atoms with Crippen LogP contribution >= 0.6 is 0 Å². The molecule has 14 heavy (non-hydrogen) atoms. The quantitative estimate of drug-likeness (QED) is 0.549. The number of rotatable bonds is 10. The van der Waals surface area contributed by atoms with Crippen molar-refractivity contribution in [3.8, 4) is 0 Å². The molecule has 0 rings (SSSR count). The lowest BCUT2D eigenvalue weighted by molar-refractivity contribution is 0.185. The first-order valence-electron chi connectivity index (χ1n) is 6.03. The highest BCUT2D eigenvalue weighted by Gasteiger charge is 1.99. The van der Waals surface area contributed by atoms with Gasteiger partial charge in [0.2, 0.25) is 0 Å². The third-order valence-electron chi connectivity index (χ3n) is 2.53. The van der Waals surface area contributed by atoms with Gasteiger partial charge in [0.25, 0.3) is 0 Å². The molecule has 2 nitrogen and oxygen atoms in total. The zero-order valence-electron chi connectivity index (χ0n) is 10.1. The molecule has 0 aliphatic heterocycles. The first-order valence-corrected chi connectivity index (χ1v) is 6.03. The molecule has 0 saturated carbocycles. The van der Waals surface area contributed by atoms with Crippen molar-refractivity contribution in [3.63, 3.8) is 0 Å². The van der Waals surface area contributed by atoms with Gasteiger partial charge in [-0.15, -0.1) is 0 Å². The molecular formula is C12H27NO. The summed E-state index contributed by atoms with van der Waals surface area (Å²) in [5.41, 5.74) is 0. The molecule has 0 saturated heterocycles. The third-order valence-corrected chi connectivity index (χ3v) is 2.53. The van der Waals surface area contributed by atoms with Gasteiger partial charge in [0.1, 0.15) is 0 Å². The Balaban J connectivity index is 3.02. The maximum atomic E-state index is 5.03. The lowest BCUT2D eigenvalue weighted by Gasteiger charge is -2.12. The lowest BCUT2D eigenvalue weighted by atomic mass is 10.1. The Labute approximate surface area is 89.4 Å². The predicted molar refractivity (Wildman–Crippen MR) is 62.7 cm³/mol. The molecule has 1 N–H and O–H groups in total. The molecule has 0 aliphatic rings. The van der Waals surface area contributed by atoms with Crippen LogP contribution < -0.4 is 5.32 Å². The molecule has 0 spiro atoms. The fourth-order valence-corrected chi connectivity index (χ4v) is 1.47. The Morgan fingerprint density at radius 3 is 2.50 bits per heavy atom. The second-order valence-corrected chi connectivity index (χ2v) is 4.05. The molecule has 86 valence electrons. The van der Waals surface area contributed by atoms with Crippen LogP contribution in [-0.4, -0.2) is 26.3 Å². The average molecular weight is 201 g/mol. The van der Waals surface area contributed by atoms with Crippen LogP contribution in [0, 0.1) is 0 Å². The van der Waals surface area contributed by atoms with Gasteiger partial charge in [-0.05, 0) is 26.3 Å². The number of unbranched alkanes of at least 4 members (excludes halogenated alkanes) is 4. The summed E-state index contributed by atoms with van der Waals surface area (Å²) < 4.78 is 5.03. The minimum absolute atomic E-state index is 0.598. The monoisotopic (exact) mass is 201 g/mol. The summed E-state index contributed by atoms with van der Waals surface area (Å²) in [5, 5.41) is 3.51. The van der Waals surface area contributed by atoms with E-state index in [4.69, 9.17) is 4.74 Å². The second kappa shape index (κ2) is 11.0. The van der Waals surface area contributed by atoms with Gasteiger partial charge in [0.05, 0.1) is 0 Å². The molecule has 1 atom stereocenters. The van der Waals surface area contributed by atoms with Gasteiger partial charge in [-0.25, -0.2) is 0 Å². The molecule has 0 fully saturated rings. The summed E-state index contributed by atoms with van der Waals surface area (Å²) in [6, 6.07) is 0.598. The Kier molecular flexibility index (Phi) is 10.9. The molecule has 1 unspecified atom stereocenters. The minimum Gasteiger partial charge on any atom is -0.385 e. The fraction of sp³-hybridized carbons (Fsp3) is 1.00. The molecule has 0 bridgehead atoms. The number of methoxy groups -OCH3 is 1. The van der Waals surface area contributed by atoms with E-state index < -0.39 is 0 Å². The van der Waals surface area contributed by atoms with E-state index in [2.05, 4.69) is 19.2 Å². The fourth-order valence-electron chi connectivity index (χ4n) is 1.47. The van der Waals surface area contributed by atoms with E-state index >= 15 is 0 Å². The first kappa shape index (κ1) is 13.9. The highest BCUT2D eigenvalue weighted by Crippen LogP contribution is 2.01. The van der Waals surface area contributed by atoms with Crippen molar-refractivity contribution >= 4 is 0 Å². The van der Waals surface area contributed by atoms with Crippen molar-refractivity contribution < 1.29 is 4.74 Å². The number of hydrogen-bond acceptors (Lipinski definition) is 2. The summed E-state index contributed by atoms with van der Waals surface area (Å²) in [4.78, 5) is 0. The van der Waals surface area contributed by atoms with Gasteiger partial charge in [-0.2, -0.15) is 0 Å². The average Bonchev–Trinajstić information content (AvgIpc) is 2.20. The molecule has 0 heterocycles. The zero-order valence-corrected chi connectivity index (χ0v) is 10.1. The third kappa shape index (κ3) is 10.0. The molecule has 0 aliphatic carbocycles. The molecule has 0 aromatic carbocycles. The van der Waals surface area contributed by atoms with Gasteiger partial charge in [-0.1, -0.05) is 32.6 Å². The highest BCUT2D eigenvalue weighted by molar-refractivity contribution is 4.59. The lowest BCUT2D eigenvalue weighted by Crippen LogP contribution is -2.28. The number of nitrogens with one attached hydrogen (secondary N) is 1. The van der Waals surface area contributed by atoms with E-state index in [1.165, 1.54) is 32.1 Å². The number of hydrogen-bond donors (Lipinski definition) is 1. The molecule has 0 aromatic rings. The van der Waals surface area contributed by atoms with E-state index in [0.29, 0.717) is 6.04 Å². The Morgan fingerprint density at radius 1 is 1.14 bits per heavy atom. The smallest absolute Gasteiger partial charge is 0.0476 e. The summed E-state index contributed by atoms with van der Waals surface area (Å²) in [6.07, 6.45) is 7.92. The molecular weight excluding hydrogens is 174 g/mol. The summed E-state index contributed by atoms with van der Waals surface area (Å²) in [7, 11) is 1.76. The maximum Gasteiger partial charge on any atom is 0.0476 e. The second-order valence-electron chi connectivity index (χ2n) is 4.05. The van der Waals surface area contributed by atoms with E-state index in [0.717, 1.165) is 19.6 Å². The Morgan fingerprint density at radius 2 is 1.86 bits per heavy atom. The molecule has 0 amide bonds. The van der Waals surface area contributed by atoms with Crippen molar-refractivity contribution in [3.05, 3.63) is 0 Å². The van der Waals surface area contributed by atoms with Crippen LogP contribution in [0.1, 0.15) is 52.4 Å². The van der Waals surface area contributed by atoms with E-state index in [9.17, 15) is 0 Å². The van der Waals surface area contributed by atoms with E-state index in [1.807, 2.05) is 0 Å². The summed E-state index contributed by atoms with van der Waals surface area (Å²) in [5.74, 6) is 0. The van der Waals surface area contributed by atoms with Gasteiger partial charge in [0.15, 0.2) is 0 Å². The van der Waals surface area contributed by atoms with Gasteiger partial charge < -0.3 is 10.1 Å². The van der Waals surface area contributed by atoms with E-state index in [-0.39, 0.29) is 0 Å². The largest absolute Gasteiger partial charge is 0.385 e. The number of ether oxygens (including phenoxy) is 1. The van der Waals surface area contributed by atoms with Gasteiger partial charge in [0, 0.05) is 19.8 Å². The Hall–Kier alpha value is -0.0800. The normalized spacial score (nSPS) is 13.1. The van der Waals surface area contributed by atoms with Crippen LogP contribution in [0.3, 0.4) is 0 Å². The maximum absolute atomic E-state index is 5.03. The van der Waals surface area contributed by atoms with E-state index in [1.54, 1.807) is 7.11 Å². The van der Waals surface area contributed by atoms with Gasteiger partial charge >= 0.3 is 0 Å². The van der Waals surface area contributed by atoms with Crippen LogP contribution in [0.25, 0.3) is 0 Å². The van der Waals surface area contributed by atoms with Crippen molar-refractivity contribution in [2.75, 3.05) is 20.3 Å². The summed E-state index contributed by atoms with van der Waals surface area (Å²) >= 11 is 0. The topological polar surface area (TPSA) is 21.3 Å². The zero-order chi connectivity index (χ0) is 10.6. The SMILES string of the molecule is CCCCCCCNC(C)CCOC. The molecule has 0 aromatic heterocycles. The summed E-state index contributed by atoms with van der Waals surface area (Å²) in [6.45, 7) is 6.51. The van der Waals surface area contributed by atoms with Crippen molar-refractivity contribution in [2.45, 2.75) is 58.4 Å². The standard InChI is InChI=1S/C12H27NO/c1-4-5-6-7-8-10-13-12(2)9-11-14-3/h12-13H,4-11H2,1-3H3. The Bertz CT molecular complexity index is 106. The highest BCUT2D eigenvalue weighted by atomic mass is 16.5. The van der Waals surface area contributed by atoms with Crippen LogP contribution in [0.5, 0.6) is 0 Å².